The van der Waals surface area contributed by atoms with Gasteiger partial charge in [-0.25, -0.2) is 0 Å². The maximum atomic E-state index is 13.4. The van der Waals surface area contributed by atoms with Gasteiger partial charge in [0, 0.05) is 12.1 Å². The number of benzene rings is 3. The van der Waals surface area contributed by atoms with E-state index >= 15 is 0 Å². The van der Waals surface area contributed by atoms with Gasteiger partial charge < -0.3 is 24.2 Å². The number of ketones is 1. The maximum absolute atomic E-state index is 13.4. The molecule has 1 fully saturated rings. The smallest absolute Gasteiger partial charge is 0.295 e. The molecule has 1 atom stereocenters. The lowest BCUT2D eigenvalue weighted by atomic mass is 9.85. The molecule has 0 spiro atoms. The summed E-state index contributed by atoms with van der Waals surface area (Å²) in [6, 6.07) is 17.7. The summed E-state index contributed by atoms with van der Waals surface area (Å²) in [6.45, 7) is 8.53. The lowest BCUT2D eigenvalue weighted by molar-refractivity contribution is -0.140. The van der Waals surface area contributed by atoms with Gasteiger partial charge >= 0.3 is 0 Å². The zero-order valence-corrected chi connectivity index (χ0v) is 22.2. The molecule has 3 aromatic carbocycles. The van der Waals surface area contributed by atoms with Crippen molar-refractivity contribution in [3.05, 3.63) is 94.1 Å². The van der Waals surface area contributed by atoms with Gasteiger partial charge in [0.25, 0.3) is 11.7 Å². The van der Waals surface area contributed by atoms with Crippen molar-refractivity contribution in [2.24, 2.45) is 0 Å². The highest BCUT2D eigenvalue weighted by Gasteiger charge is 2.46. The Bertz CT molecular complexity index is 1450. The van der Waals surface area contributed by atoms with Crippen molar-refractivity contribution in [1.29, 1.82) is 0 Å². The number of rotatable bonds is 5. The number of methoxy groups -OCH3 is 1. The van der Waals surface area contributed by atoms with E-state index in [-0.39, 0.29) is 30.1 Å². The van der Waals surface area contributed by atoms with Crippen LogP contribution in [0.25, 0.3) is 5.76 Å². The van der Waals surface area contributed by atoms with Crippen molar-refractivity contribution in [2.45, 2.75) is 45.7 Å². The molecule has 5 rings (SSSR count). The molecule has 7 nitrogen and oxygen atoms in total. The second kappa shape index (κ2) is 9.56. The standard InChI is InChI=1S/C31H31NO6/c1-18-14-21(9-13-23(18)36-5)28(33)26-27(20-7-10-22(11-8-20)31(2,3)4)32(30(35)29(26)34)16-19-6-12-24-25(15-19)38-17-37-24/h6-15,27,33H,16-17H2,1-5H3/b28-26+. The summed E-state index contributed by atoms with van der Waals surface area (Å²) in [5.74, 6) is 0.297. The van der Waals surface area contributed by atoms with Crippen LogP contribution in [0.4, 0.5) is 0 Å². The van der Waals surface area contributed by atoms with E-state index < -0.39 is 17.7 Å². The van der Waals surface area contributed by atoms with E-state index in [0.29, 0.717) is 22.8 Å². The van der Waals surface area contributed by atoms with Crippen molar-refractivity contribution < 1.29 is 28.9 Å². The zero-order chi connectivity index (χ0) is 27.2. The number of nitrogens with zero attached hydrogens (tertiary/aromatic N) is 1. The molecule has 0 radical (unpaired) electrons. The Hall–Kier alpha value is -4.26. The van der Waals surface area contributed by atoms with Crippen LogP contribution in [0.2, 0.25) is 0 Å². The van der Waals surface area contributed by atoms with Crippen molar-refractivity contribution in [2.75, 3.05) is 13.9 Å². The Labute approximate surface area is 222 Å². The monoisotopic (exact) mass is 513 g/mol. The highest BCUT2D eigenvalue weighted by molar-refractivity contribution is 6.46. The number of likely N-dealkylation sites (tertiary alicyclic amines) is 1. The minimum atomic E-state index is -0.767. The van der Waals surface area contributed by atoms with Crippen molar-refractivity contribution >= 4 is 17.4 Å². The summed E-state index contributed by atoms with van der Waals surface area (Å²) >= 11 is 0. The largest absolute Gasteiger partial charge is 0.507 e. The molecule has 0 aromatic heterocycles. The molecular formula is C31H31NO6. The van der Waals surface area contributed by atoms with Crippen LogP contribution in [0.5, 0.6) is 17.2 Å². The van der Waals surface area contributed by atoms with Gasteiger partial charge in [-0.2, -0.15) is 0 Å². The Morgan fingerprint density at radius 3 is 2.37 bits per heavy atom. The molecular weight excluding hydrogens is 482 g/mol. The van der Waals surface area contributed by atoms with Crippen molar-refractivity contribution in [1.82, 2.24) is 4.90 Å². The fourth-order valence-corrected chi connectivity index (χ4v) is 4.97. The third kappa shape index (κ3) is 4.49. The first kappa shape index (κ1) is 25.4. The summed E-state index contributed by atoms with van der Waals surface area (Å²) in [4.78, 5) is 28.4. The number of aliphatic hydroxyl groups excluding tert-OH is 1. The number of carbonyl (C=O) groups is 2. The Kier molecular flexibility index (Phi) is 6.39. The molecule has 0 saturated carbocycles. The van der Waals surface area contributed by atoms with Crippen LogP contribution in [0.15, 0.2) is 66.2 Å². The predicted octanol–water partition coefficient (Wildman–Crippen LogP) is 5.65. The molecule has 7 heteroatoms. The molecule has 2 aliphatic rings. The topological polar surface area (TPSA) is 85.3 Å². The first-order valence-corrected chi connectivity index (χ1v) is 12.5. The third-order valence-corrected chi connectivity index (χ3v) is 7.09. The van der Waals surface area contributed by atoms with Crippen LogP contribution in [-0.2, 0) is 21.5 Å². The third-order valence-electron chi connectivity index (χ3n) is 7.09. The normalized spacial score (nSPS) is 18.2. The van der Waals surface area contributed by atoms with E-state index in [1.54, 1.807) is 31.4 Å². The van der Waals surface area contributed by atoms with Crippen LogP contribution in [0.3, 0.4) is 0 Å². The van der Waals surface area contributed by atoms with E-state index in [0.717, 1.165) is 22.3 Å². The average molecular weight is 514 g/mol. The molecule has 2 aliphatic heterocycles. The number of carbonyl (C=O) groups excluding carboxylic acids is 2. The van der Waals surface area contributed by atoms with E-state index in [9.17, 15) is 14.7 Å². The minimum absolute atomic E-state index is 0.0591. The van der Waals surface area contributed by atoms with Gasteiger partial charge in [0.1, 0.15) is 11.5 Å². The molecule has 1 N–H and O–H groups in total. The lowest BCUT2D eigenvalue weighted by Crippen LogP contribution is -2.29. The number of ether oxygens (including phenoxy) is 3. The maximum Gasteiger partial charge on any atom is 0.295 e. The quantitative estimate of drug-likeness (QED) is 0.270. The Morgan fingerprint density at radius 1 is 1.00 bits per heavy atom. The number of hydrogen-bond acceptors (Lipinski definition) is 6. The fourth-order valence-electron chi connectivity index (χ4n) is 4.97. The molecule has 2 heterocycles. The van der Waals surface area contributed by atoms with E-state index in [1.165, 1.54) is 4.90 Å². The summed E-state index contributed by atoms with van der Waals surface area (Å²) in [7, 11) is 1.57. The van der Waals surface area contributed by atoms with E-state index in [1.807, 2.05) is 43.3 Å². The molecule has 0 bridgehead atoms. The van der Waals surface area contributed by atoms with Gasteiger partial charge in [0.2, 0.25) is 6.79 Å². The van der Waals surface area contributed by atoms with E-state index in [4.69, 9.17) is 14.2 Å². The van der Waals surface area contributed by atoms with Gasteiger partial charge in [-0.3, -0.25) is 9.59 Å². The fraction of sp³-hybridized carbons (Fsp3) is 0.290. The Balaban J connectivity index is 1.62. The number of aryl methyl sites for hydroxylation is 1. The average Bonchev–Trinajstić information content (AvgIpc) is 3.46. The van der Waals surface area contributed by atoms with Crippen molar-refractivity contribution in [3.63, 3.8) is 0 Å². The van der Waals surface area contributed by atoms with Gasteiger partial charge in [0.05, 0.1) is 18.7 Å². The van der Waals surface area contributed by atoms with Crippen LogP contribution in [0, 0.1) is 6.92 Å². The molecule has 1 unspecified atom stereocenters. The summed E-state index contributed by atoms with van der Waals surface area (Å²) in [5.41, 5.74) is 3.90. The number of Topliss-reactive ketones (excluding diaryl/α,β-unsaturated/α-hetero) is 1. The molecule has 1 amide bonds. The van der Waals surface area contributed by atoms with Crippen molar-refractivity contribution in [3.8, 4) is 17.2 Å². The first-order valence-electron chi connectivity index (χ1n) is 12.5. The van der Waals surface area contributed by atoms with Gasteiger partial charge in [0.15, 0.2) is 11.5 Å². The van der Waals surface area contributed by atoms with Crippen LogP contribution in [0.1, 0.15) is 54.6 Å². The molecule has 1 saturated heterocycles. The molecule has 38 heavy (non-hydrogen) atoms. The second-order valence-corrected chi connectivity index (χ2v) is 10.7. The second-order valence-electron chi connectivity index (χ2n) is 10.7. The zero-order valence-electron chi connectivity index (χ0n) is 22.2. The summed E-state index contributed by atoms with van der Waals surface area (Å²) < 4.78 is 16.3. The SMILES string of the molecule is COc1ccc(/C(O)=C2\C(=O)C(=O)N(Cc3ccc4c(c3)OCO4)C2c2ccc(C(C)(C)C)cc2)cc1C. The molecule has 0 aliphatic carbocycles. The van der Waals surface area contributed by atoms with Crippen LogP contribution in [-0.4, -0.2) is 35.6 Å². The number of amides is 1. The highest BCUT2D eigenvalue weighted by Crippen LogP contribution is 2.42. The molecule has 3 aromatic rings. The Morgan fingerprint density at radius 2 is 1.71 bits per heavy atom. The van der Waals surface area contributed by atoms with Gasteiger partial charge in [-0.1, -0.05) is 51.1 Å². The number of fused-ring (bicyclic) bond motifs is 1. The first-order chi connectivity index (χ1) is 18.1. The number of aliphatic hydroxyl groups is 1. The van der Waals surface area contributed by atoms with Crippen LogP contribution >= 0.6 is 0 Å². The summed E-state index contributed by atoms with van der Waals surface area (Å²) in [5, 5.41) is 11.4. The van der Waals surface area contributed by atoms with E-state index in [2.05, 4.69) is 20.8 Å². The predicted molar refractivity (Wildman–Crippen MR) is 143 cm³/mol. The summed E-state index contributed by atoms with van der Waals surface area (Å²) in [6.07, 6.45) is 0. The highest BCUT2D eigenvalue weighted by atomic mass is 16.7. The molecule has 196 valence electrons. The van der Waals surface area contributed by atoms with Crippen LogP contribution < -0.4 is 14.2 Å². The number of hydrogen-bond donors (Lipinski definition) is 1. The minimum Gasteiger partial charge on any atom is -0.507 e. The van der Waals surface area contributed by atoms with Gasteiger partial charge in [-0.05, 0) is 64.9 Å². The lowest BCUT2D eigenvalue weighted by Gasteiger charge is -2.27. The van der Waals surface area contributed by atoms with Gasteiger partial charge in [-0.15, -0.1) is 0 Å².